The third-order valence-corrected chi connectivity index (χ3v) is 4.34. The van der Waals surface area contributed by atoms with Gasteiger partial charge < -0.3 is 15.1 Å². The van der Waals surface area contributed by atoms with E-state index in [1.54, 1.807) is 12.1 Å². The number of hydrogen-bond donors (Lipinski definition) is 2. The van der Waals surface area contributed by atoms with Gasteiger partial charge in [0.1, 0.15) is 5.58 Å². The Balaban J connectivity index is 1.67. The molecule has 1 aromatic carbocycles. The number of aryl methyl sites for hydroxylation is 1. The third-order valence-electron chi connectivity index (χ3n) is 4.10. The van der Waals surface area contributed by atoms with Crippen LogP contribution in [0.4, 0.5) is 0 Å². The number of fused-ring (bicyclic) bond motifs is 1. The molecular weight excluding hydrogens is 288 g/mol. The molecule has 0 radical (unpaired) electrons. The molecule has 5 heteroatoms. The minimum atomic E-state index is -0.147. The SMILES string of the molecule is Cc1c(C(=O)NCCC2CCNC2)oc2ccc(Cl)cc12. The van der Waals surface area contributed by atoms with E-state index < -0.39 is 0 Å². The summed E-state index contributed by atoms with van der Waals surface area (Å²) in [6.45, 7) is 4.71. The maximum absolute atomic E-state index is 12.2. The Labute approximate surface area is 128 Å². The highest BCUT2D eigenvalue weighted by Crippen LogP contribution is 2.27. The van der Waals surface area contributed by atoms with Gasteiger partial charge >= 0.3 is 0 Å². The van der Waals surface area contributed by atoms with Crippen molar-refractivity contribution in [1.82, 2.24) is 10.6 Å². The van der Waals surface area contributed by atoms with Gasteiger partial charge in [-0.05, 0) is 57.0 Å². The minimum absolute atomic E-state index is 0.147. The van der Waals surface area contributed by atoms with Gasteiger partial charge in [-0.25, -0.2) is 0 Å². The van der Waals surface area contributed by atoms with E-state index in [9.17, 15) is 4.79 Å². The average molecular weight is 307 g/mol. The van der Waals surface area contributed by atoms with Crippen molar-refractivity contribution in [3.63, 3.8) is 0 Å². The predicted molar refractivity (Wildman–Crippen MR) is 83.9 cm³/mol. The standard InChI is InChI=1S/C16H19ClN2O2/c1-10-13-8-12(17)2-3-14(13)21-15(10)16(20)19-7-5-11-4-6-18-9-11/h2-3,8,11,18H,4-7,9H2,1H3,(H,19,20). The second-order valence-electron chi connectivity index (χ2n) is 5.60. The van der Waals surface area contributed by atoms with E-state index >= 15 is 0 Å². The van der Waals surface area contributed by atoms with Crippen molar-refractivity contribution in [2.75, 3.05) is 19.6 Å². The molecule has 2 heterocycles. The van der Waals surface area contributed by atoms with E-state index in [4.69, 9.17) is 16.0 Å². The van der Waals surface area contributed by atoms with Crippen molar-refractivity contribution in [2.24, 2.45) is 5.92 Å². The smallest absolute Gasteiger partial charge is 0.287 e. The molecule has 21 heavy (non-hydrogen) atoms. The van der Waals surface area contributed by atoms with Crippen LogP contribution >= 0.6 is 11.6 Å². The van der Waals surface area contributed by atoms with Gasteiger partial charge in [-0.1, -0.05) is 11.6 Å². The first kappa shape index (κ1) is 14.4. The Bertz CT molecular complexity index is 660. The van der Waals surface area contributed by atoms with E-state index in [1.807, 2.05) is 13.0 Å². The van der Waals surface area contributed by atoms with Gasteiger partial charge in [0, 0.05) is 22.5 Å². The molecule has 1 aliphatic heterocycles. The molecule has 0 bridgehead atoms. The van der Waals surface area contributed by atoms with Crippen LogP contribution in [0.1, 0.15) is 29.0 Å². The largest absolute Gasteiger partial charge is 0.451 e. The number of halogens is 1. The maximum atomic E-state index is 12.2. The molecule has 3 rings (SSSR count). The predicted octanol–water partition coefficient (Wildman–Crippen LogP) is 3.12. The van der Waals surface area contributed by atoms with Gasteiger partial charge in [-0.3, -0.25) is 4.79 Å². The Morgan fingerprint density at radius 3 is 3.14 bits per heavy atom. The van der Waals surface area contributed by atoms with Crippen molar-refractivity contribution in [1.29, 1.82) is 0 Å². The number of nitrogens with one attached hydrogen (secondary N) is 2. The van der Waals surface area contributed by atoms with Crippen LogP contribution in [0.25, 0.3) is 11.0 Å². The molecular formula is C16H19ClN2O2. The van der Waals surface area contributed by atoms with Gasteiger partial charge in [-0.2, -0.15) is 0 Å². The molecule has 1 fully saturated rings. The van der Waals surface area contributed by atoms with Crippen molar-refractivity contribution in [3.05, 3.63) is 34.5 Å². The highest BCUT2D eigenvalue weighted by Gasteiger charge is 2.19. The lowest BCUT2D eigenvalue weighted by atomic mass is 10.1. The summed E-state index contributed by atoms with van der Waals surface area (Å²) < 4.78 is 5.66. The molecule has 4 nitrogen and oxygen atoms in total. The maximum Gasteiger partial charge on any atom is 0.287 e. The topological polar surface area (TPSA) is 54.3 Å². The van der Waals surface area contributed by atoms with E-state index in [-0.39, 0.29) is 5.91 Å². The summed E-state index contributed by atoms with van der Waals surface area (Å²) in [6.07, 6.45) is 2.20. The number of carbonyl (C=O) groups is 1. The summed E-state index contributed by atoms with van der Waals surface area (Å²) in [5, 5.41) is 7.82. The second-order valence-corrected chi connectivity index (χ2v) is 6.04. The summed E-state index contributed by atoms with van der Waals surface area (Å²) in [6, 6.07) is 5.39. The van der Waals surface area contributed by atoms with Crippen LogP contribution in [0.3, 0.4) is 0 Å². The Kier molecular flexibility index (Phi) is 4.17. The lowest BCUT2D eigenvalue weighted by molar-refractivity contribution is 0.0925. The van der Waals surface area contributed by atoms with Gasteiger partial charge in [0.2, 0.25) is 0 Å². The summed E-state index contributed by atoms with van der Waals surface area (Å²) >= 11 is 5.99. The summed E-state index contributed by atoms with van der Waals surface area (Å²) in [7, 11) is 0. The molecule has 2 aromatic rings. The number of carbonyl (C=O) groups excluding carboxylic acids is 1. The Morgan fingerprint density at radius 2 is 2.38 bits per heavy atom. The van der Waals surface area contributed by atoms with E-state index in [2.05, 4.69) is 10.6 Å². The molecule has 0 saturated carbocycles. The first-order chi connectivity index (χ1) is 10.1. The van der Waals surface area contributed by atoms with Crippen molar-refractivity contribution in [2.45, 2.75) is 19.8 Å². The van der Waals surface area contributed by atoms with Gasteiger partial charge in [0.05, 0.1) is 0 Å². The third kappa shape index (κ3) is 3.06. The number of rotatable bonds is 4. The Hall–Kier alpha value is -1.52. The van der Waals surface area contributed by atoms with Gasteiger partial charge in [-0.15, -0.1) is 0 Å². The van der Waals surface area contributed by atoms with E-state index in [0.717, 1.165) is 30.5 Å². The fourth-order valence-corrected chi connectivity index (χ4v) is 3.01. The molecule has 1 saturated heterocycles. The first-order valence-electron chi connectivity index (χ1n) is 7.32. The zero-order valence-electron chi connectivity index (χ0n) is 12.0. The van der Waals surface area contributed by atoms with Crippen LogP contribution in [0.2, 0.25) is 5.02 Å². The molecule has 1 atom stereocenters. The summed E-state index contributed by atoms with van der Waals surface area (Å²) in [4.78, 5) is 12.2. The zero-order valence-corrected chi connectivity index (χ0v) is 12.8. The summed E-state index contributed by atoms with van der Waals surface area (Å²) in [5.74, 6) is 0.906. The van der Waals surface area contributed by atoms with Crippen LogP contribution in [0.5, 0.6) is 0 Å². The minimum Gasteiger partial charge on any atom is -0.451 e. The van der Waals surface area contributed by atoms with Crippen molar-refractivity contribution >= 4 is 28.5 Å². The van der Waals surface area contributed by atoms with E-state index in [0.29, 0.717) is 28.8 Å². The van der Waals surface area contributed by atoms with Crippen LogP contribution in [0, 0.1) is 12.8 Å². The molecule has 1 unspecified atom stereocenters. The molecule has 112 valence electrons. The quantitative estimate of drug-likeness (QED) is 0.912. The molecule has 1 aromatic heterocycles. The normalized spacial score (nSPS) is 18.3. The highest BCUT2D eigenvalue weighted by molar-refractivity contribution is 6.31. The summed E-state index contributed by atoms with van der Waals surface area (Å²) in [5.41, 5.74) is 1.54. The molecule has 1 amide bonds. The molecule has 1 aliphatic rings. The van der Waals surface area contributed by atoms with Gasteiger partial charge in [0.15, 0.2) is 5.76 Å². The molecule has 0 aliphatic carbocycles. The zero-order chi connectivity index (χ0) is 14.8. The van der Waals surface area contributed by atoms with Crippen LogP contribution in [-0.2, 0) is 0 Å². The van der Waals surface area contributed by atoms with Crippen molar-refractivity contribution in [3.8, 4) is 0 Å². The average Bonchev–Trinajstić information content (AvgIpc) is 3.08. The fourth-order valence-electron chi connectivity index (χ4n) is 2.84. The number of benzene rings is 1. The lowest BCUT2D eigenvalue weighted by Crippen LogP contribution is -2.26. The van der Waals surface area contributed by atoms with E-state index in [1.165, 1.54) is 6.42 Å². The molecule has 0 spiro atoms. The first-order valence-corrected chi connectivity index (χ1v) is 7.70. The second kappa shape index (κ2) is 6.08. The highest BCUT2D eigenvalue weighted by atomic mass is 35.5. The van der Waals surface area contributed by atoms with Crippen LogP contribution < -0.4 is 10.6 Å². The Morgan fingerprint density at radius 1 is 1.52 bits per heavy atom. The van der Waals surface area contributed by atoms with Crippen molar-refractivity contribution < 1.29 is 9.21 Å². The number of amides is 1. The number of furan rings is 1. The van der Waals surface area contributed by atoms with Crippen LogP contribution in [-0.4, -0.2) is 25.5 Å². The fraction of sp³-hybridized carbons (Fsp3) is 0.438. The molecule has 2 N–H and O–H groups in total. The number of hydrogen-bond acceptors (Lipinski definition) is 3. The monoisotopic (exact) mass is 306 g/mol. The van der Waals surface area contributed by atoms with Crippen LogP contribution in [0.15, 0.2) is 22.6 Å². The van der Waals surface area contributed by atoms with Gasteiger partial charge in [0.25, 0.3) is 5.91 Å². The lowest BCUT2D eigenvalue weighted by Gasteiger charge is -2.08.